The Morgan fingerprint density at radius 3 is 2.67 bits per heavy atom. The van der Waals surface area contributed by atoms with Crippen LogP contribution in [0.5, 0.6) is 0 Å². The molecule has 0 saturated carbocycles. The molecule has 0 radical (unpaired) electrons. The lowest BCUT2D eigenvalue weighted by atomic mass is 10.1. The maximum absolute atomic E-state index is 5.98. The van der Waals surface area contributed by atoms with Gasteiger partial charge in [-0.25, -0.2) is 0 Å². The van der Waals surface area contributed by atoms with E-state index in [0.717, 1.165) is 6.42 Å². The fourth-order valence-corrected chi connectivity index (χ4v) is 3.74. The second-order valence-electron chi connectivity index (χ2n) is 4.71. The summed E-state index contributed by atoms with van der Waals surface area (Å²) in [5.41, 5.74) is 5.98. The van der Waals surface area contributed by atoms with E-state index in [-0.39, 0.29) is 0 Å². The van der Waals surface area contributed by atoms with Crippen LogP contribution in [0.3, 0.4) is 0 Å². The number of aryl methyl sites for hydroxylation is 1. The van der Waals surface area contributed by atoms with E-state index in [4.69, 9.17) is 5.73 Å². The average molecular weight is 287 g/mol. The minimum absolute atomic E-state index is 0.368. The van der Waals surface area contributed by atoms with Gasteiger partial charge in [0.25, 0.3) is 0 Å². The molecule has 0 spiro atoms. The van der Waals surface area contributed by atoms with Crippen molar-refractivity contribution in [2.24, 2.45) is 5.73 Å². The highest BCUT2D eigenvalue weighted by atomic mass is 32.2. The topological polar surface area (TPSA) is 29.3 Å². The second-order valence-corrected chi connectivity index (χ2v) is 6.89. The molecule has 0 amide bonds. The van der Waals surface area contributed by atoms with Crippen LogP contribution in [0.15, 0.2) is 12.1 Å². The van der Waals surface area contributed by atoms with Crippen LogP contribution in [-0.2, 0) is 6.42 Å². The molecule has 0 aliphatic heterocycles. The van der Waals surface area contributed by atoms with Crippen molar-refractivity contribution in [2.45, 2.75) is 38.8 Å². The van der Waals surface area contributed by atoms with Crippen LogP contribution in [0, 0.1) is 0 Å². The molecule has 2 nitrogen and oxygen atoms in total. The van der Waals surface area contributed by atoms with Crippen molar-refractivity contribution in [3.8, 4) is 0 Å². The van der Waals surface area contributed by atoms with Crippen LogP contribution < -0.4 is 5.73 Å². The van der Waals surface area contributed by atoms with E-state index in [2.05, 4.69) is 44.2 Å². The first-order valence-corrected chi connectivity index (χ1v) is 8.84. The third-order valence-electron chi connectivity index (χ3n) is 3.51. The van der Waals surface area contributed by atoms with Gasteiger partial charge in [0.2, 0.25) is 0 Å². The highest BCUT2D eigenvalue weighted by Gasteiger charge is 2.21. The van der Waals surface area contributed by atoms with Gasteiger partial charge >= 0.3 is 0 Å². The molecule has 18 heavy (non-hydrogen) atoms. The zero-order valence-electron chi connectivity index (χ0n) is 12.0. The summed E-state index contributed by atoms with van der Waals surface area (Å²) >= 11 is 3.82. The van der Waals surface area contributed by atoms with E-state index >= 15 is 0 Å². The van der Waals surface area contributed by atoms with Crippen molar-refractivity contribution in [3.05, 3.63) is 21.9 Å². The molecule has 1 heterocycles. The first kappa shape index (κ1) is 16.0. The molecular weight excluding hydrogens is 260 g/mol. The lowest BCUT2D eigenvalue weighted by Crippen LogP contribution is -2.37. The maximum atomic E-state index is 5.98. The smallest absolute Gasteiger partial charge is 0.0564 e. The lowest BCUT2D eigenvalue weighted by molar-refractivity contribution is 0.188. The van der Waals surface area contributed by atoms with Gasteiger partial charge in [-0.3, -0.25) is 4.90 Å². The second kappa shape index (κ2) is 8.20. The molecule has 4 heteroatoms. The Hall–Kier alpha value is -0.0300. The molecule has 2 N–H and O–H groups in total. The van der Waals surface area contributed by atoms with E-state index in [1.807, 2.05) is 23.1 Å². The number of hydrogen-bond acceptors (Lipinski definition) is 4. The van der Waals surface area contributed by atoms with Crippen molar-refractivity contribution in [3.63, 3.8) is 0 Å². The third kappa shape index (κ3) is 4.26. The highest BCUT2D eigenvalue weighted by Crippen LogP contribution is 2.28. The number of rotatable bonds is 8. The van der Waals surface area contributed by atoms with E-state index < -0.39 is 0 Å². The minimum atomic E-state index is 0.368. The molecule has 1 aromatic heterocycles. The van der Waals surface area contributed by atoms with Gasteiger partial charge in [0.15, 0.2) is 0 Å². The Balaban J connectivity index is 2.69. The van der Waals surface area contributed by atoms with Crippen LogP contribution in [0.4, 0.5) is 0 Å². The minimum Gasteiger partial charge on any atom is -0.329 e. The SMILES string of the molecule is CCc1ccc(C(CN)N(C)C(C)CCSC)s1. The van der Waals surface area contributed by atoms with Crippen LogP contribution in [0.25, 0.3) is 0 Å². The van der Waals surface area contributed by atoms with Gasteiger partial charge in [-0.15, -0.1) is 11.3 Å². The number of likely N-dealkylation sites (N-methyl/N-ethyl adjacent to an activating group) is 1. The summed E-state index contributed by atoms with van der Waals surface area (Å²) in [6.07, 6.45) is 4.51. The van der Waals surface area contributed by atoms with E-state index in [1.54, 1.807) is 0 Å². The summed E-state index contributed by atoms with van der Waals surface area (Å²) in [6, 6.07) is 5.44. The van der Waals surface area contributed by atoms with Gasteiger partial charge in [-0.05, 0) is 51.0 Å². The van der Waals surface area contributed by atoms with Gasteiger partial charge in [0, 0.05) is 22.3 Å². The Kier molecular flexibility index (Phi) is 7.30. The fourth-order valence-electron chi connectivity index (χ4n) is 2.05. The largest absolute Gasteiger partial charge is 0.329 e. The van der Waals surface area contributed by atoms with E-state index in [1.165, 1.54) is 21.9 Å². The summed E-state index contributed by atoms with van der Waals surface area (Å²) in [7, 11) is 2.20. The lowest BCUT2D eigenvalue weighted by Gasteiger charge is -2.31. The average Bonchev–Trinajstić information content (AvgIpc) is 2.85. The molecule has 0 fully saturated rings. The number of thiophene rings is 1. The zero-order chi connectivity index (χ0) is 13.5. The Bertz CT molecular complexity index is 338. The monoisotopic (exact) mass is 286 g/mol. The first-order chi connectivity index (χ1) is 8.63. The standard InChI is InChI=1S/C14H26N2S2/c1-5-12-6-7-14(18-12)13(10-15)16(3)11(2)8-9-17-4/h6-7,11,13H,5,8-10,15H2,1-4H3. The van der Waals surface area contributed by atoms with Gasteiger partial charge in [-0.1, -0.05) is 6.92 Å². The number of hydrogen-bond donors (Lipinski definition) is 1. The predicted molar refractivity (Wildman–Crippen MR) is 85.7 cm³/mol. The molecule has 1 rings (SSSR count). The highest BCUT2D eigenvalue weighted by molar-refractivity contribution is 7.98. The molecule has 0 bridgehead atoms. The van der Waals surface area contributed by atoms with Crippen molar-refractivity contribution in [2.75, 3.05) is 25.6 Å². The maximum Gasteiger partial charge on any atom is 0.0564 e. The van der Waals surface area contributed by atoms with Gasteiger partial charge in [0.1, 0.15) is 0 Å². The van der Waals surface area contributed by atoms with Crippen molar-refractivity contribution < 1.29 is 0 Å². The Labute approximate surface area is 120 Å². The van der Waals surface area contributed by atoms with Crippen molar-refractivity contribution in [1.82, 2.24) is 4.90 Å². The molecule has 2 unspecified atom stereocenters. The van der Waals surface area contributed by atoms with Crippen LogP contribution in [0.1, 0.15) is 36.1 Å². The molecule has 1 aromatic rings. The number of thioether (sulfide) groups is 1. The van der Waals surface area contributed by atoms with Gasteiger partial charge < -0.3 is 5.73 Å². The van der Waals surface area contributed by atoms with Gasteiger partial charge in [0.05, 0.1) is 6.04 Å². The zero-order valence-corrected chi connectivity index (χ0v) is 13.6. The molecule has 0 saturated heterocycles. The van der Waals surface area contributed by atoms with Crippen LogP contribution in [0.2, 0.25) is 0 Å². The predicted octanol–water partition coefficient (Wildman–Crippen LogP) is 3.38. The summed E-state index contributed by atoms with van der Waals surface area (Å²) in [6.45, 7) is 5.20. The Morgan fingerprint density at radius 2 is 2.17 bits per heavy atom. The van der Waals surface area contributed by atoms with Gasteiger partial charge in [-0.2, -0.15) is 11.8 Å². The molecule has 2 atom stereocenters. The summed E-state index contributed by atoms with van der Waals surface area (Å²) in [5.74, 6) is 1.22. The number of nitrogens with zero attached hydrogens (tertiary/aromatic N) is 1. The molecule has 0 aliphatic rings. The van der Waals surface area contributed by atoms with Crippen LogP contribution >= 0.6 is 23.1 Å². The molecule has 0 aromatic carbocycles. The van der Waals surface area contributed by atoms with E-state index in [9.17, 15) is 0 Å². The summed E-state index contributed by atoms with van der Waals surface area (Å²) in [4.78, 5) is 5.29. The first-order valence-electron chi connectivity index (χ1n) is 6.63. The number of nitrogens with two attached hydrogens (primary N) is 1. The summed E-state index contributed by atoms with van der Waals surface area (Å²) < 4.78 is 0. The quantitative estimate of drug-likeness (QED) is 0.794. The van der Waals surface area contributed by atoms with Crippen LogP contribution in [-0.4, -0.2) is 36.5 Å². The summed E-state index contributed by atoms with van der Waals surface area (Å²) in [5, 5.41) is 0. The van der Waals surface area contributed by atoms with Crippen molar-refractivity contribution >= 4 is 23.1 Å². The normalized spacial score (nSPS) is 15.0. The third-order valence-corrected chi connectivity index (χ3v) is 5.48. The molecule has 104 valence electrons. The fraction of sp³-hybridized carbons (Fsp3) is 0.714. The van der Waals surface area contributed by atoms with E-state index in [0.29, 0.717) is 18.6 Å². The van der Waals surface area contributed by atoms with Crippen molar-refractivity contribution in [1.29, 1.82) is 0 Å². The molecule has 0 aliphatic carbocycles. The Morgan fingerprint density at radius 1 is 1.44 bits per heavy atom. The molecular formula is C14H26N2S2.